The summed E-state index contributed by atoms with van der Waals surface area (Å²) in [7, 11) is 0. The minimum Gasteiger partial charge on any atom is -0.481 e. The van der Waals surface area contributed by atoms with Crippen molar-refractivity contribution < 1.29 is 14.7 Å². The summed E-state index contributed by atoms with van der Waals surface area (Å²) in [6.45, 7) is 1.68. The van der Waals surface area contributed by atoms with E-state index in [2.05, 4.69) is 10.3 Å². The van der Waals surface area contributed by atoms with E-state index >= 15 is 0 Å². The van der Waals surface area contributed by atoms with Crippen LogP contribution in [0.25, 0.3) is 10.2 Å². The van der Waals surface area contributed by atoms with E-state index < -0.39 is 5.97 Å². The lowest BCUT2D eigenvalue weighted by Crippen LogP contribution is -2.34. The quantitative estimate of drug-likeness (QED) is 0.855. The summed E-state index contributed by atoms with van der Waals surface area (Å²) in [5, 5.41) is 12.2. The van der Waals surface area contributed by atoms with E-state index in [0.29, 0.717) is 12.8 Å². The van der Waals surface area contributed by atoms with Crippen LogP contribution in [0.5, 0.6) is 0 Å². The van der Waals surface area contributed by atoms with Crippen molar-refractivity contribution in [2.75, 3.05) is 0 Å². The van der Waals surface area contributed by atoms with Gasteiger partial charge >= 0.3 is 5.97 Å². The molecule has 1 aromatic heterocycles. The van der Waals surface area contributed by atoms with E-state index in [1.165, 1.54) is 0 Å². The van der Waals surface area contributed by atoms with E-state index in [1.54, 1.807) is 18.3 Å². The first-order valence-corrected chi connectivity index (χ1v) is 7.22. The van der Waals surface area contributed by atoms with Crippen molar-refractivity contribution in [1.29, 1.82) is 0 Å². The van der Waals surface area contributed by atoms with Crippen LogP contribution in [0.1, 0.15) is 24.8 Å². The second-order valence-corrected chi connectivity index (χ2v) is 5.76. The minimum atomic E-state index is -0.913. The monoisotopic (exact) mass is 292 g/mol. The average molecular weight is 292 g/mol. The molecule has 0 aliphatic heterocycles. The number of hydrogen-bond acceptors (Lipinski definition) is 4. The Hall–Kier alpha value is -1.95. The molecule has 0 fully saturated rings. The first-order chi connectivity index (χ1) is 9.54. The molecule has 0 saturated heterocycles. The topological polar surface area (TPSA) is 79.3 Å². The summed E-state index contributed by atoms with van der Waals surface area (Å²) in [6, 6.07) is 7.50. The van der Waals surface area contributed by atoms with Crippen LogP contribution < -0.4 is 5.32 Å². The number of para-hydroxylation sites is 1. The SMILES string of the molecule is CC(CC(=O)O)NC(=O)CCc1nc2ccccc2s1. The average Bonchev–Trinajstić information content (AvgIpc) is 2.77. The molecule has 2 rings (SSSR count). The Kier molecular flexibility index (Phi) is 4.68. The van der Waals surface area contributed by atoms with Crippen molar-refractivity contribution >= 4 is 33.4 Å². The molecule has 5 nitrogen and oxygen atoms in total. The predicted molar refractivity (Wildman–Crippen MR) is 77.8 cm³/mol. The summed E-state index contributed by atoms with van der Waals surface area (Å²) >= 11 is 1.58. The van der Waals surface area contributed by atoms with Crippen molar-refractivity contribution in [3.05, 3.63) is 29.3 Å². The van der Waals surface area contributed by atoms with Gasteiger partial charge in [0.25, 0.3) is 0 Å². The molecule has 106 valence electrons. The van der Waals surface area contributed by atoms with Gasteiger partial charge in [-0.15, -0.1) is 11.3 Å². The summed E-state index contributed by atoms with van der Waals surface area (Å²) in [5.41, 5.74) is 0.951. The standard InChI is InChI=1S/C14H16N2O3S/c1-9(8-14(18)19)15-12(17)6-7-13-16-10-4-2-3-5-11(10)20-13/h2-5,9H,6-8H2,1H3,(H,15,17)(H,18,19). The molecule has 1 aromatic carbocycles. The third-order valence-electron chi connectivity index (χ3n) is 2.79. The van der Waals surface area contributed by atoms with E-state index in [-0.39, 0.29) is 18.4 Å². The van der Waals surface area contributed by atoms with Gasteiger partial charge in [0.2, 0.25) is 5.91 Å². The molecule has 20 heavy (non-hydrogen) atoms. The lowest BCUT2D eigenvalue weighted by molar-refractivity contribution is -0.137. The third-order valence-corrected chi connectivity index (χ3v) is 3.89. The van der Waals surface area contributed by atoms with Crippen molar-refractivity contribution in [1.82, 2.24) is 10.3 Å². The molecule has 0 aliphatic carbocycles. The van der Waals surface area contributed by atoms with Gasteiger partial charge in [-0.2, -0.15) is 0 Å². The predicted octanol–water partition coefficient (Wildman–Crippen LogP) is 2.21. The molecule has 1 amide bonds. The van der Waals surface area contributed by atoms with Gasteiger partial charge in [-0.3, -0.25) is 9.59 Å². The van der Waals surface area contributed by atoms with Crippen LogP contribution >= 0.6 is 11.3 Å². The van der Waals surface area contributed by atoms with E-state index in [9.17, 15) is 9.59 Å². The fourth-order valence-electron chi connectivity index (χ4n) is 1.91. The summed E-state index contributed by atoms with van der Waals surface area (Å²) in [6.07, 6.45) is 0.835. The maximum absolute atomic E-state index is 11.7. The Morgan fingerprint density at radius 1 is 1.40 bits per heavy atom. The van der Waals surface area contributed by atoms with Crippen LogP contribution in [-0.2, 0) is 16.0 Å². The number of benzene rings is 1. The normalized spacial score (nSPS) is 12.2. The lowest BCUT2D eigenvalue weighted by Gasteiger charge is -2.10. The first kappa shape index (κ1) is 14.5. The largest absolute Gasteiger partial charge is 0.481 e. The number of aryl methyl sites for hydroxylation is 1. The Labute approximate surface area is 120 Å². The molecule has 0 saturated carbocycles. The number of aromatic nitrogens is 1. The first-order valence-electron chi connectivity index (χ1n) is 6.40. The third kappa shape index (κ3) is 4.03. The Balaban J connectivity index is 1.85. The number of amides is 1. The molecule has 0 aliphatic rings. The smallest absolute Gasteiger partial charge is 0.305 e. The Morgan fingerprint density at radius 2 is 2.15 bits per heavy atom. The molecule has 0 spiro atoms. The molecule has 1 heterocycles. The molecular weight excluding hydrogens is 276 g/mol. The zero-order chi connectivity index (χ0) is 14.5. The zero-order valence-electron chi connectivity index (χ0n) is 11.1. The van der Waals surface area contributed by atoms with Gasteiger partial charge in [0.15, 0.2) is 0 Å². The van der Waals surface area contributed by atoms with E-state index in [1.807, 2.05) is 24.3 Å². The molecule has 0 bridgehead atoms. The number of nitrogens with zero attached hydrogens (tertiary/aromatic N) is 1. The van der Waals surface area contributed by atoms with Gasteiger partial charge in [-0.1, -0.05) is 12.1 Å². The van der Waals surface area contributed by atoms with Crippen LogP contribution in [0, 0.1) is 0 Å². The molecule has 2 N–H and O–H groups in total. The Bertz CT molecular complexity index is 591. The lowest BCUT2D eigenvalue weighted by atomic mass is 10.2. The highest BCUT2D eigenvalue weighted by Gasteiger charge is 2.12. The highest BCUT2D eigenvalue weighted by molar-refractivity contribution is 7.18. The zero-order valence-corrected chi connectivity index (χ0v) is 11.9. The number of carbonyl (C=O) groups excluding carboxylic acids is 1. The number of rotatable bonds is 6. The Morgan fingerprint density at radius 3 is 2.85 bits per heavy atom. The number of carbonyl (C=O) groups is 2. The number of nitrogens with one attached hydrogen (secondary N) is 1. The number of carboxylic acid groups (broad SMARTS) is 1. The van der Waals surface area contributed by atoms with Crippen molar-refractivity contribution in [3.63, 3.8) is 0 Å². The summed E-state index contributed by atoms with van der Waals surface area (Å²) in [4.78, 5) is 26.7. The maximum Gasteiger partial charge on any atom is 0.305 e. The van der Waals surface area contributed by atoms with Gasteiger partial charge in [0.1, 0.15) is 0 Å². The van der Waals surface area contributed by atoms with Crippen molar-refractivity contribution in [3.8, 4) is 0 Å². The van der Waals surface area contributed by atoms with Gasteiger partial charge < -0.3 is 10.4 Å². The van der Waals surface area contributed by atoms with Gasteiger partial charge in [-0.25, -0.2) is 4.98 Å². The molecule has 1 atom stereocenters. The number of aliphatic carboxylic acids is 1. The van der Waals surface area contributed by atoms with Crippen LogP contribution in [0.15, 0.2) is 24.3 Å². The fourth-order valence-corrected chi connectivity index (χ4v) is 2.87. The van der Waals surface area contributed by atoms with Gasteiger partial charge in [0.05, 0.1) is 21.6 Å². The van der Waals surface area contributed by atoms with Gasteiger partial charge in [0, 0.05) is 18.9 Å². The number of hydrogen-bond donors (Lipinski definition) is 2. The molecule has 1 unspecified atom stereocenters. The fraction of sp³-hybridized carbons (Fsp3) is 0.357. The van der Waals surface area contributed by atoms with Crippen molar-refractivity contribution in [2.45, 2.75) is 32.2 Å². The van der Waals surface area contributed by atoms with Crippen LogP contribution in [0.4, 0.5) is 0 Å². The van der Waals surface area contributed by atoms with E-state index in [4.69, 9.17) is 5.11 Å². The van der Waals surface area contributed by atoms with Crippen LogP contribution in [0.3, 0.4) is 0 Å². The number of carboxylic acids is 1. The summed E-state index contributed by atoms with van der Waals surface area (Å²) in [5.74, 6) is -1.05. The van der Waals surface area contributed by atoms with E-state index in [0.717, 1.165) is 15.2 Å². The highest BCUT2D eigenvalue weighted by atomic mass is 32.1. The molecular formula is C14H16N2O3S. The molecule has 2 aromatic rings. The second-order valence-electron chi connectivity index (χ2n) is 4.64. The molecule has 6 heteroatoms. The number of fused-ring (bicyclic) bond motifs is 1. The summed E-state index contributed by atoms with van der Waals surface area (Å²) < 4.78 is 1.11. The van der Waals surface area contributed by atoms with Crippen LogP contribution in [0.2, 0.25) is 0 Å². The van der Waals surface area contributed by atoms with Crippen LogP contribution in [-0.4, -0.2) is 28.0 Å². The maximum atomic E-state index is 11.7. The highest BCUT2D eigenvalue weighted by Crippen LogP contribution is 2.22. The van der Waals surface area contributed by atoms with Gasteiger partial charge in [-0.05, 0) is 19.1 Å². The minimum absolute atomic E-state index is 0.0626. The second kappa shape index (κ2) is 6.47. The molecule has 0 radical (unpaired) electrons. The number of thiazole rings is 1. The van der Waals surface area contributed by atoms with Crippen molar-refractivity contribution in [2.24, 2.45) is 0 Å².